The van der Waals surface area contributed by atoms with Crippen molar-refractivity contribution in [1.29, 1.82) is 0 Å². The van der Waals surface area contributed by atoms with Crippen molar-refractivity contribution < 1.29 is 14.3 Å². The molecule has 0 fully saturated rings. The van der Waals surface area contributed by atoms with Crippen LogP contribution in [-0.2, 0) is 9.53 Å². The summed E-state index contributed by atoms with van der Waals surface area (Å²) < 4.78 is 6.80. The topological polar surface area (TPSA) is 55.4 Å². The van der Waals surface area contributed by atoms with Gasteiger partial charge in [-0.05, 0) is 24.3 Å². The van der Waals surface area contributed by atoms with Gasteiger partial charge < -0.3 is 10.1 Å². The third-order valence-electron chi connectivity index (χ3n) is 3.16. The Morgan fingerprint density at radius 2 is 1.96 bits per heavy atom. The summed E-state index contributed by atoms with van der Waals surface area (Å²) in [6, 6.07) is 14.6. The quantitative estimate of drug-likeness (QED) is 0.592. The first-order chi connectivity index (χ1) is 11.5. The van der Waals surface area contributed by atoms with Gasteiger partial charge in [-0.3, -0.25) is 4.79 Å². The molecule has 0 saturated carbocycles. The van der Waals surface area contributed by atoms with E-state index in [-0.39, 0.29) is 6.61 Å². The van der Waals surface area contributed by atoms with Crippen LogP contribution in [0.4, 0.5) is 5.69 Å². The molecule has 0 aliphatic carbocycles. The monoisotopic (exact) mass is 423 g/mol. The normalized spacial score (nSPS) is 10.6. The highest BCUT2D eigenvalue weighted by molar-refractivity contribution is 9.10. The van der Waals surface area contributed by atoms with Crippen molar-refractivity contribution in [3.63, 3.8) is 0 Å². The molecule has 0 bridgehead atoms. The molecular formula is C17H11BrClNO3S. The van der Waals surface area contributed by atoms with Crippen LogP contribution < -0.4 is 5.32 Å². The van der Waals surface area contributed by atoms with Crippen LogP contribution in [0.2, 0.25) is 5.02 Å². The fraction of sp³-hybridized carbons (Fsp3) is 0.0588. The number of hydrogen-bond donors (Lipinski definition) is 1. The van der Waals surface area contributed by atoms with Crippen LogP contribution in [0.15, 0.2) is 53.0 Å². The van der Waals surface area contributed by atoms with Crippen molar-refractivity contribution >= 4 is 66.5 Å². The molecule has 1 amide bonds. The first kappa shape index (κ1) is 17.0. The number of amides is 1. The molecule has 0 saturated heterocycles. The summed E-state index contributed by atoms with van der Waals surface area (Å²) in [4.78, 5) is 24.3. The zero-order chi connectivity index (χ0) is 17.1. The van der Waals surface area contributed by atoms with Crippen LogP contribution in [-0.4, -0.2) is 18.5 Å². The first-order valence-electron chi connectivity index (χ1n) is 6.94. The second-order valence-electron chi connectivity index (χ2n) is 4.88. The van der Waals surface area contributed by atoms with E-state index in [1.165, 1.54) is 11.3 Å². The van der Waals surface area contributed by atoms with Gasteiger partial charge in [0.15, 0.2) is 6.61 Å². The van der Waals surface area contributed by atoms with Gasteiger partial charge in [0.25, 0.3) is 5.91 Å². The Labute approximate surface area is 155 Å². The number of benzene rings is 2. The van der Waals surface area contributed by atoms with Crippen LogP contribution >= 0.6 is 38.9 Å². The number of carbonyl (C=O) groups excluding carboxylic acids is 2. The number of nitrogens with one attached hydrogen (secondary N) is 1. The molecule has 7 heteroatoms. The van der Waals surface area contributed by atoms with E-state index in [0.29, 0.717) is 15.6 Å². The third-order valence-corrected chi connectivity index (χ3v) is 5.31. The minimum Gasteiger partial charge on any atom is -0.451 e. The Bertz CT molecular complexity index is 925. The average Bonchev–Trinajstić information content (AvgIpc) is 2.90. The molecule has 122 valence electrons. The number of thiophene rings is 1. The van der Waals surface area contributed by atoms with Crippen molar-refractivity contribution in [2.75, 3.05) is 11.9 Å². The number of fused-ring (bicyclic) bond motifs is 1. The Balaban J connectivity index is 1.64. The molecule has 2 aromatic carbocycles. The van der Waals surface area contributed by atoms with Gasteiger partial charge in [0, 0.05) is 20.2 Å². The Hall–Kier alpha value is -1.89. The summed E-state index contributed by atoms with van der Waals surface area (Å²) >= 11 is 10.8. The molecule has 0 atom stereocenters. The summed E-state index contributed by atoms with van der Waals surface area (Å²) in [7, 11) is 0. The molecule has 0 aliphatic rings. The standard InChI is InChI=1S/C17H11BrClNO3S/c18-10-4-3-5-11(8-10)20-14(21)9-23-17(22)16-15(19)12-6-1-2-7-13(12)24-16/h1-8H,9H2,(H,20,21). The first-order valence-corrected chi connectivity index (χ1v) is 8.93. The number of hydrogen-bond acceptors (Lipinski definition) is 4. The zero-order valence-corrected chi connectivity index (χ0v) is 15.4. The lowest BCUT2D eigenvalue weighted by atomic mass is 10.2. The highest BCUT2D eigenvalue weighted by Gasteiger charge is 2.19. The molecule has 3 aromatic rings. The maximum Gasteiger partial charge on any atom is 0.350 e. The number of ether oxygens (including phenoxy) is 1. The van der Waals surface area contributed by atoms with Crippen LogP contribution in [0, 0.1) is 0 Å². The van der Waals surface area contributed by atoms with Gasteiger partial charge >= 0.3 is 5.97 Å². The van der Waals surface area contributed by atoms with Gasteiger partial charge in [-0.1, -0.05) is 51.8 Å². The van der Waals surface area contributed by atoms with Gasteiger partial charge in [0.05, 0.1) is 5.02 Å². The van der Waals surface area contributed by atoms with Crippen molar-refractivity contribution in [2.24, 2.45) is 0 Å². The number of rotatable bonds is 4. The number of halogens is 2. The molecule has 0 radical (unpaired) electrons. The van der Waals surface area contributed by atoms with Crippen molar-refractivity contribution in [3.05, 3.63) is 62.9 Å². The van der Waals surface area contributed by atoms with Gasteiger partial charge in [0.2, 0.25) is 0 Å². The summed E-state index contributed by atoms with van der Waals surface area (Å²) in [6.45, 7) is -0.379. The minimum absolute atomic E-state index is 0.299. The second-order valence-corrected chi connectivity index (χ2v) is 7.22. The maximum absolute atomic E-state index is 12.2. The molecule has 3 rings (SSSR count). The van der Waals surface area contributed by atoms with E-state index in [0.717, 1.165) is 14.6 Å². The van der Waals surface area contributed by atoms with E-state index in [1.807, 2.05) is 30.3 Å². The van der Waals surface area contributed by atoms with Crippen molar-refractivity contribution in [3.8, 4) is 0 Å². The van der Waals surface area contributed by atoms with Crippen LogP contribution in [0.3, 0.4) is 0 Å². The predicted molar refractivity (Wildman–Crippen MR) is 99.9 cm³/mol. The van der Waals surface area contributed by atoms with Crippen LogP contribution in [0.25, 0.3) is 10.1 Å². The summed E-state index contributed by atoms with van der Waals surface area (Å²) in [5, 5.41) is 3.81. The van der Waals surface area contributed by atoms with Crippen molar-refractivity contribution in [1.82, 2.24) is 0 Å². The molecule has 4 nitrogen and oxygen atoms in total. The lowest BCUT2D eigenvalue weighted by Gasteiger charge is -2.06. The SMILES string of the molecule is O=C(COC(=O)c1sc2ccccc2c1Cl)Nc1cccc(Br)c1. The van der Waals surface area contributed by atoms with E-state index < -0.39 is 11.9 Å². The fourth-order valence-corrected chi connectivity index (χ4v) is 3.91. The zero-order valence-electron chi connectivity index (χ0n) is 12.2. The molecular weight excluding hydrogens is 414 g/mol. The predicted octanol–water partition coefficient (Wildman–Crippen LogP) is 5.11. The van der Waals surface area contributed by atoms with Crippen molar-refractivity contribution in [2.45, 2.75) is 0 Å². The Morgan fingerprint density at radius 1 is 1.17 bits per heavy atom. The third kappa shape index (κ3) is 3.77. The van der Waals surface area contributed by atoms with Gasteiger partial charge in [-0.2, -0.15) is 0 Å². The molecule has 1 N–H and O–H groups in total. The molecule has 1 aromatic heterocycles. The Kier molecular flexibility index (Phi) is 5.18. The van der Waals surface area contributed by atoms with Gasteiger partial charge in [-0.25, -0.2) is 4.79 Å². The molecule has 0 aliphatic heterocycles. The molecule has 0 spiro atoms. The van der Waals surface area contributed by atoms with Gasteiger partial charge in [0.1, 0.15) is 4.88 Å². The average molecular weight is 425 g/mol. The summed E-state index contributed by atoms with van der Waals surface area (Å²) in [6.07, 6.45) is 0. The molecule has 1 heterocycles. The lowest BCUT2D eigenvalue weighted by molar-refractivity contribution is -0.119. The largest absolute Gasteiger partial charge is 0.451 e. The van der Waals surface area contributed by atoms with Crippen LogP contribution in [0.5, 0.6) is 0 Å². The smallest absolute Gasteiger partial charge is 0.350 e. The van der Waals surface area contributed by atoms with E-state index in [9.17, 15) is 9.59 Å². The second kappa shape index (κ2) is 7.34. The highest BCUT2D eigenvalue weighted by atomic mass is 79.9. The summed E-state index contributed by atoms with van der Waals surface area (Å²) in [5.74, 6) is -1.02. The highest BCUT2D eigenvalue weighted by Crippen LogP contribution is 2.35. The van der Waals surface area contributed by atoms with E-state index >= 15 is 0 Å². The van der Waals surface area contributed by atoms with E-state index in [1.54, 1.807) is 18.2 Å². The van der Waals surface area contributed by atoms with Gasteiger partial charge in [-0.15, -0.1) is 11.3 Å². The van der Waals surface area contributed by atoms with E-state index in [4.69, 9.17) is 16.3 Å². The number of esters is 1. The lowest BCUT2D eigenvalue weighted by Crippen LogP contribution is -2.20. The maximum atomic E-state index is 12.2. The molecule has 24 heavy (non-hydrogen) atoms. The molecule has 0 unspecified atom stereocenters. The Morgan fingerprint density at radius 3 is 2.71 bits per heavy atom. The number of anilines is 1. The number of carbonyl (C=O) groups is 2. The van der Waals surface area contributed by atoms with E-state index in [2.05, 4.69) is 21.2 Å². The summed E-state index contributed by atoms with van der Waals surface area (Å²) in [5.41, 5.74) is 0.616. The minimum atomic E-state index is -0.606. The fourth-order valence-electron chi connectivity index (χ4n) is 2.11. The van der Waals surface area contributed by atoms with Crippen LogP contribution in [0.1, 0.15) is 9.67 Å².